The Labute approximate surface area is 135 Å². The fraction of sp³-hybridized carbons (Fsp3) is 0.947. The number of carbonyl (C=O) groups excluding carboxylic acids is 1. The van der Waals surface area contributed by atoms with E-state index in [1.807, 2.05) is 0 Å². The lowest BCUT2D eigenvalue weighted by Crippen LogP contribution is -2.60. The van der Waals surface area contributed by atoms with Gasteiger partial charge in [-0.25, -0.2) is 0 Å². The minimum Gasteiger partial charge on any atom is -0.378 e. The molecule has 3 rings (SSSR count). The van der Waals surface area contributed by atoms with Crippen molar-refractivity contribution < 1.29 is 9.53 Å². The quantitative estimate of drug-likeness (QED) is 0.836. The van der Waals surface area contributed by atoms with Gasteiger partial charge in [-0.2, -0.15) is 0 Å². The second-order valence-electron chi connectivity index (χ2n) is 8.50. The molecule has 1 aliphatic heterocycles. The lowest BCUT2D eigenvalue weighted by Gasteiger charge is -2.53. The number of ether oxygens (including phenoxy) is 1. The molecule has 2 bridgehead atoms. The highest BCUT2D eigenvalue weighted by molar-refractivity contribution is 5.76. The molecule has 3 aliphatic rings. The Morgan fingerprint density at radius 1 is 1.27 bits per heavy atom. The molecular weight excluding hydrogens is 274 g/mol. The van der Waals surface area contributed by atoms with Gasteiger partial charge in [-0.15, -0.1) is 0 Å². The maximum absolute atomic E-state index is 12.3. The van der Waals surface area contributed by atoms with Crippen molar-refractivity contribution in [2.24, 2.45) is 22.7 Å². The van der Waals surface area contributed by atoms with Crippen molar-refractivity contribution in [2.45, 2.75) is 84.8 Å². The first-order chi connectivity index (χ1) is 10.5. The molecular formula is C19H33NO2. The predicted octanol–water partition coefficient (Wildman–Crippen LogP) is 3.91. The van der Waals surface area contributed by atoms with E-state index in [0.717, 1.165) is 25.4 Å². The Hall–Kier alpha value is -0.570. The first kappa shape index (κ1) is 16.3. The summed E-state index contributed by atoms with van der Waals surface area (Å²) in [6.45, 7) is 9.97. The van der Waals surface area contributed by atoms with Gasteiger partial charge in [0.15, 0.2) is 0 Å². The molecule has 1 saturated heterocycles. The lowest BCUT2D eigenvalue weighted by molar-refractivity contribution is -0.137. The molecule has 5 atom stereocenters. The number of amides is 1. The largest absolute Gasteiger partial charge is 0.378 e. The second-order valence-corrected chi connectivity index (χ2v) is 8.50. The third kappa shape index (κ3) is 2.31. The van der Waals surface area contributed by atoms with Crippen LogP contribution in [-0.4, -0.2) is 24.7 Å². The molecule has 0 aromatic rings. The molecule has 3 fully saturated rings. The summed E-state index contributed by atoms with van der Waals surface area (Å²) >= 11 is 0. The fourth-order valence-corrected chi connectivity index (χ4v) is 5.94. The van der Waals surface area contributed by atoms with E-state index >= 15 is 0 Å². The van der Waals surface area contributed by atoms with Crippen LogP contribution in [0.5, 0.6) is 0 Å². The summed E-state index contributed by atoms with van der Waals surface area (Å²) in [6.07, 6.45) is 8.11. The highest BCUT2D eigenvalue weighted by Crippen LogP contribution is 2.68. The zero-order chi connectivity index (χ0) is 16.0. The van der Waals surface area contributed by atoms with E-state index in [-0.39, 0.29) is 11.3 Å². The van der Waals surface area contributed by atoms with Crippen molar-refractivity contribution in [3.63, 3.8) is 0 Å². The normalized spacial score (nSPS) is 42.2. The minimum atomic E-state index is 0.230. The van der Waals surface area contributed by atoms with Gasteiger partial charge in [0, 0.05) is 19.1 Å². The first-order valence-electron chi connectivity index (χ1n) is 9.36. The molecule has 1 amide bonds. The molecule has 3 heteroatoms. The van der Waals surface area contributed by atoms with Crippen molar-refractivity contribution in [3.05, 3.63) is 0 Å². The topological polar surface area (TPSA) is 38.3 Å². The van der Waals surface area contributed by atoms with Crippen molar-refractivity contribution >= 4 is 5.91 Å². The van der Waals surface area contributed by atoms with Crippen molar-refractivity contribution in [2.75, 3.05) is 6.61 Å². The van der Waals surface area contributed by atoms with Gasteiger partial charge in [0.2, 0.25) is 5.91 Å². The molecule has 126 valence electrons. The van der Waals surface area contributed by atoms with E-state index < -0.39 is 0 Å². The third-order valence-electron chi connectivity index (χ3n) is 6.98. The molecule has 2 aliphatic carbocycles. The highest BCUT2D eigenvalue weighted by Gasteiger charge is 2.68. The summed E-state index contributed by atoms with van der Waals surface area (Å²) in [4.78, 5) is 12.3. The van der Waals surface area contributed by atoms with E-state index in [1.54, 1.807) is 0 Å². The van der Waals surface area contributed by atoms with Crippen LogP contribution in [0.2, 0.25) is 0 Å². The van der Waals surface area contributed by atoms with E-state index in [2.05, 4.69) is 33.0 Å². The molecule has 2 saturated carbocycles. The molecule has 3 nitrogen and oxygen atoms in total. The van der Waals surface area contributed by atoms with Gasteiger partial charge in [-0.3, -0.25) is 4.79 Å². The smallest absolute Gasteiger partial charge is 0.220 e. The van der Waals surface area contributed by atoms with E-state index in [4.69, 9.17) is 4.74 Å². The number of fused-ring (bicyclic) bond motifs is 1. The highest BCUT2D eigenvalue weighted by atomic mass is 16.5. The summed E-state index contributed by atoms with van der Waals surface area (Å²) in [7, 11) is 0. The predicted molar refractivity (Wildman–Crippen MR) is 88.5 cm³/mol. The van der Waals surface area contributed by atoms with Crippen LogP contribution in [-0.2, 0) is 9.53 Å². The first-order valence-corrected chi connectivity index (χ1v) is 9.36. The second kappa shape index (κ2) is 5.81. The number of hydrogen-bond donors (Lipinski definition) is 1. The van der Waals surface area contributed by atoms with Gasteiger partial charge in [0.25, 0.3) is 0 Å². The third-order valence-corrected chi connectivity index (χ3v) is 6.98. The summed E-state index contributed by atoms with van der Waals surface area (Å²) in [5, 5.41) is 3.46. The Kier molecular flexibility index (Phi) is 4.30. The Morgan fingerprint density at radius 3 is 2.73 bits per heavy atom. The summed E-state index contributed by atoms with van der Waals surface area (Å²) in [6, 6.07) is 0.339. The average molecular weight is 307 g/mol. The van der Waals surface area contributed by atoms with Crippen LogP contribution in [0.25, 0.3) is 0 Å². The monoisotopic (exact) mass is 307 g/mol. The maximum atomic E-state index is 12.3. The molecule has 1 heterocycles. The summed E-state index contributed by atoms with van der Waals surface area (Å²) in [5.74, 6) is 1.65. The number of carbonyl (C=O) groups is 1. The average Bonchev–Trinajstić information content (AvgIpc) is 2.94. The summed E-state index contributed by atoms with van der Waals surface area (Å²) in [5.41, 5.74) is 0.531. The Bertz CT molecular complexity index is 431. The van der Waals surface area contributed by atoms with Crippen LogP contribution in [0.4, 0.5) is 0 Å². The van der Waals surface area contributed by atoms with E-state index in [9.17, 15) is 4.79 Å². The van der Waals surface area contributed by atoms with Crippen LogP contribution in [0.3, 0.4) is 0 Å². The van der Waals surface area contributed by atoms with Crippen molar-refractivity contribution in [1.82, 2.24) is 5.32 Å². The lowest BCUT2D eigenvalue weighted by atomic mass is 9.59. The Morgan fingerprint density at radius 2 is 2.05 bits per heavy atom. The van der Waals surface area contributed by atoms with Crippen LogP contribution < -0.4 is 5.32 Å². The van der Waals surface area contributed by atoms with Crippen LogP contribution >= 0.6 is 0 Å². The molecule has 1 spiro atoms. The van der Waals surface area contributed by atoms with Gasteiger partial charge in [-0.05, 0) is 54.8 Å². The summed E-state index contributed by atoms with van der Waals surface area (Å²) < 4.78 is 6.14. The molecule has 0 aromatic heterocycles. The van der Waals surface area contributed by atoms with Crippen LogP contribution in [0.15, 0.2) is 0 Å². The Balaban J connectivity index is 1.86. The fourth-order valence-electron chi connectivity index (χ4n) is 5.94. The van der Waals surface area contributed by atoms with Crippen LogP contribution in [0, 0.1) is 22.7 Å². The number of nitrogens with one attached hydrogen (secondary N) is 1. The van der Waals surface area contributed by atoms with E-state index in [0.29, 0.717) is 29.9 Å². The SMILES string of the molecule is CCCC(=O)N[C@H]1C(C)(C)[C@@H]2C[C@@H]3[C@@H](CCC)OCC[C@@]31C2. The molecule has 1 N–H and O–H groups in total. The van der Waals surface area contributed by atoms with Crippen LogP contribution in [0.1, 0.15) is 72.6 Å². The van der Waals surface area contributed by atoms with Crippen molar-refractivity contribution in [3.8, 4) is 0 Å². The van der Waals surface area contributed by atoms with Crippen molar-refractivity contribution in [1.29, 1.82) is 0 Å². The molecule has 0 aromatic carbocycles. The number of rotatable bonds is 5. The van der Waals surface area contributed by atoms with Gasteiger partial charge < -0.3 is 10.1 Å². The maximum Gasteiger partial charge on any atom is 0.220 e. The van der Waals surface area contributed by atoms with Gasteiger partial charge in [-0.1, -0.05) is 34.1 Å². The van der Waals surface area contributed by atoms with Gasteiger partial charge in [0.1, 0.15) is 0 Å². The number of hydrogen-bond acceptors (Lipinski definition) is 2. The minimum absolute atomic E-state index is 0.230. The van der Waals surface area contributed by atoms with Gasteiger partial charge >= 0.3 is 0 Å². The standard InChI is InChI=1S/C19H33NO2/c1-5-7-15-14-11-13-12-19(14,9-10-22-15)17(18(13,3)4)20-16(21)8-6-2/h13-15,17H,5-12H2,1-4H3,(H,20,21)/t13-,14-,15-,17+,19-/m1/s1. The van der Waals surface area contributed by atoms with Gasteiger partial charge in [0.05, 0.1) is 6.10 Å². The molecule has 0 radical (unpaired) electrons. The van der Waals surface area contributed by atoms with E-state index in [1.165, 1.54) is 25.7 Å². The molecule has 22 heavy (non-hydrogen) atoms. The molecule has 0 unspecified atom stereocenters. The zero-order valence-electron chi connectivity index (χ0n) is 14.8. The zero-order valence-corrected chi connectivity index (χ0v) is 14.8.